The largest absolute Gasteiger partial charge is 0.484 e. The zero-order valence-corrected chi connectivity index (χ0v) is 15.5. The second-order valence-corrected chi connectivity index (χ2v) is 7.92. The highest BCUT2D eigenvalue weighted by Crippen LogP contribution is 2.20. The Balaban J connectivity index is 1.57. The highest BCUT2D eigenvalue weighted by Gasteiger charge is 2.26. The van der Waals surface area contributed by atoms with Gasteiger partial charge in [0.2, 0.25) is 10.0 Å². The van der Waals surface area contributed by atoms with Crippen LogP contribution in [0.3, 0.4) is 0 Å². The average Bonchev–Trinajstić information content (AvgIpc) is 2.66. The van der Waals surface area contributed by atoms with Crippen molar-refractivity contribution in [3.05, 3.63) is 54.1 Å². The van der Waals surface area contributed by atoms with Crippen molar-refractivity contribution in [3.8, 4) is 5.75 Å². The summed E-state index contributed by atoms with van der Waals surface area (Å²) in [6.45, 7) is 0.881. The Hall–Kier alpha value is -2.56. The Morgan fingerprint density at radius 2 is 1.68 bits per heavy atom. The van der Waals surface area contributed by atoms with E-state index in [-0.39, 0.29) is 16.3 Å². The first kappa shape index (κ1) is 20.2. The molecule has 1 aliphatic rings. The van der Waals surface area contributed by atoms with E-state index in [0.717, 1.165) is 12.1 Å². The van der Waals surface area contributed by atoms with Crippen molar-refractivity contribution in [2.24, 2.45) is 0 Å². The molecule has 0 aliphatic carbocycles. The number of hydrogen-bond donors (Lipinski definition) is 1. The molecule has 0 atom stereocenters. The van der Waals surface area contributed by atoms with Gasteiger partial charge in [-0.1, -0.05) is 0 Å². The SMILES string of the molecule is O=C(COc1ccc(S(=O)(=O)N2CCOCC2)cc1)Nc1cc(F)cc(F)c1. The van der Waals surface area contributed by atoms with Gasteiger partial charge < -0.3 is 14.8 Å². The summed E-state index contributed by atoms with van der Waals surface area (Å²) in [6.07, 6.45) is 0. The lowest BCUT2D eigenvalue weighted by atomic mass is 10.3. The van der Waals surface area contributed by atoms with E-state index in [0.29, 0.717) is 32.4 Å². The van der Waals surface area contributed by atoms with E-state index >= 15 is 0 Å². The molecule has 0 bridgehead atoms. The lowest BCUT2D eigenvalue weighted by Crippen LogP contribution is -2.40. The molecule has 0 unspecified atom stereocenters. The van der Waals surface area contributed by atoms with Gasteiger partial charge in [0.1, 0.15) is 17.4 Å². The molecule has 1 heterocycles. The number of ether oxygens (including phenoxy) is 2. The van der Waals surface area contributed by atoms with E-state index in [1.807, 2.05) is 0 Å². The van der Waals surface area contributed by atoms with Crippen LogP contribution in [0, 0.1) is 11.6 Å². The maximum atomic E-state index is 13.1. The Bertz CT molecular complexity index is 925. The summed E-state index contributed by atoms with van der Waals surface area (Å²) in [5.74, 6) is -1.96. The van der Waals surface area contributed by atoms with Gasteiger partial charge in [-0.3, -0.25) is 4.79 Å². The first-order valence-corrected chi connectivity index (χ1v) is 9.85. The summed E-state index contributed by atoms with van der Waals surface area (Å²) in [5.41, 5.74) is -0.0296. The Labute approximate surface area is 160 Å². The van der Waals surface area contributed by atoms with Crippen molar-refractivity contribution in [1.82, 2.24) is 4.31 Å². The zero-order valence-electron chi connectivity index (χ0n) is 14.7. The minimum absolute atomic E-state index is 0.0296. The highest BCUT2D eigenvalue weighted by molar-refractivity contribution is 7.89. The fourth-order valence-corrected chi connectivity index (χ4v) is 4.02. The van der Waals surface area contributed by atoms with E-state index in [9.17, 15) is 22.0 Å². The lowest BCUT2D eigenvalue weighted by molar-refractivity contribution is -0.118. The summed E-state index contributed by atoms with van der Waals surface area (Å²) in [5, 5.41) is 2.31. The maximum absolute atomic E-state index is 13.1. The summed E-state index contributed by atoms with van der Waals surface area (Å²) >= 11 is 0. The van der Waals surface area contributed by atoms with Gasteiger partial charge in [-0.05, 0) is 36.4 Å². The molecule has 150 valence electrons. The van der Waals surface area contributed by atoms with Crippen LogP contribution < -0.4 is 10.1 Å². The predicted molar refractivity (Wildman–Crippen MR) is 96.5 cm³/mol. The number of hydrogen-bond acceptors (Lipinski definition) is 5. The molecule has 0 radical (unpaired) electrons. The van der Waals surface area contributed by atoms with Crippen LogP contribution in [-0.4, -0.2) is 51.5 Å². The summed E-state index contributed by atoms with van der Waals surface area (Å²) in [6, 6.07) is 8.29. The minimum atomic E-state index is -3.61. The molecule has 10 heteroatoms. The molecule has 28 heavy (non-hydrogen) atoms. The van der Waals surface area contributed by atoms with Gasteiger partial charge in [-0.25, -0.2) is 17.2 Å². The number of anilines is 1. The third-order valence-corrected chi connectivity index (χ3v) is 5.86. The van der Waals surface area contributed by atoms with Crippen LogP contribution in [0.15, 0.2) is 47.4 Å². The number of halogens is 2. The number of carbonyl (C=O) groups is 1. The highest BCUT2D eigenvalue weighted by atomic mass is 32.2. The molecule has 7 nitrogen and oxygen atoms in total. The number of amides is 1. The number of nitrogens with zero attached hydrogens (tertiary/aromatic N) is 1. The number of morpholine rings is 1. The monoisotopic (exact) mass is 412 g/mol. The van der Waals surface area contributed by atoms with Crippen LogP contribution in [0.25, 0.3) is 0 Å². The van der Waals surface area contributed by atoms with Gasteiger partial charge >= 0.3 is 0 Å². The van der Waals surface area contributed by atoms with Crippen molar-refractivity contribution in [3.63, 3.8) is 0 Å². The predicted octanol–water partition coefficient (Wildman–Crippen LogP) is 2.00. The molecule has 3 rings (SSSR count). The Morgan fingerprint density at radius 1 is 1.07 bits per heavy atom. The number of sulfonamides is 1. The average molecular weight is 412 g/mol. The van der Waals surface area contributed by atoms with Gasteiger partial charge in [0, 0.05) is 24.8 Å². The van der Waals surface area contributed by atoms with Crippen LogP contribution in [0.5, 0.6) is 5.75 Å². The fraction of sp³-hybridized carbons (Fsp3) is 0.278. The molecular formula is C18H18F2N2O5S. The van der Waals surface area contributed by atoms with Gasteiger partial charge in [0.05, 0.1) is 18.1 Å². The quantitative estimate of drug-likeness (QED) is 0.785. The molecule has 1 amide bonds. The molecule has 2 aromatic rings. The van der Waals surface area contributed by atoms with Crippen LogP contribution in [0.2, 0.25) is 0 Å². The van der Waals surface area contributed by atoms with Crippen LogP contribution in [0.4, 0.5) is 14.5 Å². The second kappa shape index (κ2) is 8.63. The number of benzene rings is 2. The van der Waals surface area contributed by atoms with Gasteiger partial charge in [-0.2, -0.15) is 4.31 Å². The molecule has 2 aromatic carbocycles. The van der Waals surface area contributed by atoms with E-state index in [1.165, 1.54) is 28.6 Å². The Morgan fingerprint density at radius 3 is 2.29 bits per heavy atom. The minimum Gasteiger partial charge on any atom is -0.484 e. The van der Waals surface area contributed by atoms with E-state index in [4.69, 9.17) is 9.47 Å². The molecule has 0 aromatic heterocycles. The third-order valence-electron chi connectivity index (χ3n) is 3.95. The lowest BCUT2D eigenvalue weighted by Gasteiger charge is -2.26. The summed E-state index contributed by atoms with van der Waals surface area (Å²) < 4.78 is 63.1. The number of nitrogens with one attached hydrogen (secondary N) is 1. The topological polar surface area (TPSA) is 84.9 Å². The maximum Gasteiger partial charge on any atom is 0.262 e. The van der Waals surface area contributed by atoms with Gasteiger partial charge in [0.15, 0.2) is 6.61 Å². The normalized spacial score (nSPS) is 15.2. The molecule has 1 N–H and O–H groups in total. The van der Waals surface area contributed by atoms with Crippen molar-refractivity contribution in [2.45, 2.75) is 4.90 Å². The second-order valence-electron chi connectivity index (χ2n) is 5.98. The molecule has 1 aliphatic heterocycles. The number of carbonyl (C=O) groups excluding carboxylic acids is 1. The van der Waals surface area contributed by atoms with E-state index < -0.39 is 34.2 Å². The zero-order chi connectivity index (χ0) is 20.1. The molecule has 0 saturated carbocycles. The molecule has 1 saturated heterocycles. The summed E-state index contributed by atoms with van der Waals surface area (Å²) in [4.78, 5) is 12.0. The van der Waals surface area contributed by atoms with Crippen molar-refractivity contribution in [2.75, 3.05) is 38.2 Å². The van der Waals surface area contributed by atoms with Gasteiger partial charge in [0.25, 0.3) is 5.91 Å². The fourth-order valence-electron chi connectivity index (χ4n) is 2.62. The first-order chi connectivity index (χ1) is 13.3. The number of rotatable bonds is 6. The van der Waals surface area contributed by atoms with E-state index in [1.54, 1.807) is 0 Å². The van der Waals surface area contributed by atoms with Crippen molar-refractivity contribution < 1.29 is 31.5 Å². The third kappa shape index (κ3) is 5.03. The molecular weight excluding hydrogens is 394 g/mol. The Kier molecular flexibility index (Phi) is 6.22. The smallest absolute Gasteiger partial charge is 0.262 e. The van der Waals surface area contributed by atoms with Crippen LogP contribution >= 0.6 is 0 Å². The van der Waals surface area contributed by atoms with Crippen LogP contribution in [0.1, 0.15) is 0 Å². The van der Waals surface area contributed by atoms with Gasteiger partial charge in [-0.15, -0.1) is 0 Å². The van der Waals surface area contributed by atoms with Crippen LogP contribution in [-0.2, 0) is 19.6 Å². The summed E-state index contributed by atoms with van der Waals surface area (Å²) in [7, 11) is -3.61. The standard InChI is InChI=1S/C18H18F2N2O5S/c19-13-9-14(20)11-15(10-13)21-18(23)12-27-16-1-3-17(4-2-16)28(24,25)22-5-7-26-8-6-22/h1-4,9-11H,5-8,12H2,(H,21,23). The van der Waals surface area contributed by atoms with E-state index in [2.05, 4.69) is 5.32 Å². The van der Waals surface area contributed by atoms with Crippen molar-refractivity contribution in [1.29, 1.82) is 0 Å². The van der Waals surface area contributed by atoms with Crippen molar-refractivity contribution >= 4 is 21.6 Å². The first-order valence-electron chi connectivity index (χ1n) is 8.41. The molecule has 1 fully saturated rings. The molecule has 0 spiro atoms.